The van der Waals surface area contributed by atoms with E-state index in [0.29, 0.717) is 62.1 Å². The zero-order valence-corrected chi connectivity index (χ0v) is 19.4. The van der Waals surface area contributed by atoms with E-state index in [1.54, 1.807) is 36.4 Å². The summed E-state index contributed by atoms with van der Waals surface area (Å²) >= 11 is 0. The normalized spacial score (nSPS) is 16.3. The second-order valence-electron chi connectivity index (χ2n) is 8.51. The molecule has 9 heteroatoms. The molecule has 0 spiro atoms. The van der Waals surface area contributed by atoms with Gasteiger partial charge in [0.2, 0.25) is 0 Å². The molecular weight excluding hydrogens is 448 g/mol. The number of anilines is 2. The molecule has 1 amide bonds. The summed E-state index contributed by atoms with van der Waals surface area (Å²) < 4.78 is 15.8. The number of benzene rings is 2. The Kier molecular flexibility index (Phi) is 6.33. The number of nitrogens with one attached hydrogen (secondary N) is 1. The van der Waals surface area contributed by atoms with Crippen molar-refractivity contribution in [2.24, 2.45) is 0 Å². The zero-order valence-electron chi connectivity index (χ0n) is 19.4. The average Bonchev–Trinajstić information content (AvgIpc) is 3.72. The summed E-state index contributed by atoms with van der Waals surface area (Å²) in [6.45, 7) is 2.67. The van der Waals surface area contributed by atoms with Crippen molar-refractivity contribution in [1.82, 2.24) is 9.97 Å². The van der Waals surface area contributed by atoms with Gasteiger partial charge in [-0.1, -0.05) is 18.2 Å². The van der Waals surface area contributed by atoms with Crippen LogP contribution < -0.4 is 15.0 Å². The number of carbonyl (C=O) groups excluding carboxylic acids is 2. The number of aromatic nitrogens is 2. The van der Waals surface area contributed by atoms with Gasteiger partial charge in [0.05, 0.1) is 26.0 Å². The average molecular weight is 475 g/mol. The van der Waals surface area contributed by atoms with Gasteiger partial charge in [-0.05, 0) is 49.2 Å². The highest BCUT2D eigenvalue weighted by Crippen LogP contribution is 2.49. The molecule has 1 saturated heterocycles. The lowest BCUT2D eigenvalue weighted by Crippen LogP contribution is -2.37. The van der Waals surface area contributed by atoms with Crippen LogP contribution in [-0.4, -0.2) is 55.4 Å². The molecule has 0 radical (unpaired) electrons. The smallest absolute Gasteiger partial charge is 0.417 e. The minimum absolute atomic E-state index is 0.272. The molecule has 2 fully saturated rings. The van der Waals surface area contributed by atoms with Crippen LogP contribution in [0.3, 0.4) is 0 Å². The largest absolute Gasteiger partial charge is 0.468 e. The number of ether oxygens (including phenoxy) is 3. The van der Waals surface area contributed by atoms with E-state index in [9.17, 15) is 9.59 Å². The highest BCUT2D eigenvalue weighted by Gasteiger charge is 2.54. The van der Waals surface area contributed by atoms with Gasteiger partial charge in [-0.15, -0.1) is 0 Å². The molecule has 0 atom stereocenters. The van der Waals surface area contributed by atoms with Gasteiger partial charge in [-0.3, -0.25) is 10.1 Å². The van der Waals surface area contributed by atoms with E-state index in [1.165, 1.54) is 7.11 Å². The lowest BCUT2D eigenvalue weighted by molar-refractivity contribution is -0.143. The van der Waals surface area contributed by atoms with E-state index < -0.39 is 11.5 Å². The van der Waals surface area contributed by atoms with Gasteiger partial charge in [-0.25, -0.2) is 14.8 Å². The fourth-order valence-corrected chi connectivity index (χ4v) is 4.09. The molecule has 1 aromatic heterocycles. The first-order chi connectivity index (χ1) is 17.1. The maximum Gasteiger partial charge on any atom is 0.417 e. The number of nitrogens with zero attached hydrogens (tertiary/aromatic N) is 3. The monoisotopic (exact) mass is 474 g/mol. The number of para-hydroxylation sites is 1. The topological polar surface area (TPSA) is 103 Å². The lowest BCUT2D eigenvalue weighted by atomic mass is 10.0. The number of morpholine rings is 1. The van der Waals surface area contributed by atoms with E-state index >= 15 is 0 Å². The molecule has 3 aromatic rings. The number of rotatable bonds is 6. The standard InChI is InChI=1S/C26H26N4O5/c1-33-24(31)26(11-12-26)21-17-22(30-13-15-34-16-14-30)29-23(28-21)18-7-9-19(10-8-18)27-25(32)35-20-5-3-2-4-6-20/h2-10,17H,11-16H2,1H3,(H,27,32). The predicted molar refractivity (Wildman–Crippen MR) is 130 cm³/mol. The first-order valence-electron chi connectivity index (χ1n) is 11.5. The van der Waals surface area contributed by atoms with E-state index in [2.05, 4.69) is 10.2 Å². The predicted octanol–water partition coefficient (Wildman–Crippen LogP) is 3.80. The molecule has 2 heterocycles. The van der Waals surface area contributed by atoms with Crippen LogP contribution in [0.15, 0.2) is 60.7 Å². The Bertz CT molecular complexity index is 1210. The summed E-state index contributed by atoms with van der Waals surface area (Å²) in [6, 6.07) is 17.9. The van der Waals surface area contributed by atoms with E-state index in [0.717, 1.165) is 11.4 Å². The van der Waals surface area contributed by atoms with Gasteiger partial charge in [0, 0.05) is 30.4 Å². The number of amides is 1. The van der Waals surface area contributed by atoms with Crippen LogP contribution in [0.25, 0.3) is 11.4 Å². The van der Waals surface area contributed by atoms with Crippen molar-refractivity contribution in [3.05, 3.63) is 66.4 Å². The molecule has 1 saturated carbocycles. The molecule has 1 aliphatic carbocycles. The Balaban J connectivity index is 1.39. The summed E-state index contributed by atoms with van der Waals surface area (Å²) in [5.41, 5.74) is 1.30. The van der Waals surface area contributed by atoms with Gasteiger partial charge in [-0.2, -0.15) is 0 Å². The zero-order chi connectivity index (χ0) is 24.3. The molecule has 9 nitrogen and oxygen atoms in total. The molecule has 5 rings (SSSR count). The second-order valence-corrected chi connectivity index (χ2v) is 8.51. The van der Waals surface area contributed by atoms with Crippen LogP contribution in [0.5, 0.6) is 5.75 Å². The Labute approximate surface area is 203 Å². The molecule has 0 bridgehead atoms. The van der Waals surface area contributed by atoms with Crippen LogP contribution in [0.1, 0.15) is 18.5 Å². The third kappa shape index (κ3) is 4.95. The number of methoxy groups -OCH3 is 1. The van der Waals surface area contributed by atoms with Crippen molar-refractivity contribution < 1.29 is 23.8 Å². The Morgan fingerprint density at radius 2 is 1.71 bits per heavy atom. The number of carbonyl (C=O) groups is 2. The van der Waals surface area contributed by atoms with Crippen LogP contribution >= 0.6 is 0 Å². The summed E-state index contributed by atoms with van der Waals surface area (Å²) in [5, 5.41) is 2.72. The molecule has 35 heavy (non-hydrogen) atoms. The first-order valence-corrected chi connectivity index (χ1v) is 11.5. The first kappa shape index (κ1) is 22.8. The van der Waals surface area contributed by atoms with E-state index in [1.807, 2.05) is 24.3 Å². The summed E-state index contributed by atoms with van der Waals surface area (Å²) in [7, 11) is 1.40. The fraction of sp³-hybridized carbons (Fsp3) is 0.308. The van der Waals surface area contributed by atoms with Crippen LogP contribution in [0.2, 0.25) is 0 Å². The highest BCUT2D eigenvalue weighted by molar-refractivity contribution is 5.87. The third-order valence-corrected chi connectivity index (χ3v) is 6.21. The van der Waals surface area contributed by atoms with Gasteiger partial charge in [0.25, 0.3) is 0 Å². The van der Waals surface area contributed by atoms with E-state index in [-0.39, 0.29) is 5.97 Å². The van der Waals surface area contributed by atoms with Crippen molar-refractivity contribution in [1.29, 1.82) is 0 Å². The molecule has 0 unspecified atom stereocenters. The minimum atomic E-state index is -0.712. The fourth-order valence-electron chi connectivity index (χ4n) is 4.09. The minimum Gasteiger partial charge on any atom is -0.468 e. The lowest BCUT2D eigenvalue weighted by Gasteiger charge is -2.28. The summed E-state index contributed by atoms with van der Waals surface area (Å²) in [6.07, 6.45) is 0.821. The molecule has 2 aliphatic rings. The number of hydrogen-bond donors (Lipinski definition) is 1. The van der Waals surface area contributed by atoms with Crippen LogP contribution in [-0.2, 0) is 19.7 Å². The van der Waals surface area contributed by atoms with Gasteiger partial charge < -0.3 is 19.1 Å². The Morgan fingerprint density at radius 1 is 1.00 bits per heavy atom. The summed E-state index contributed by atoms with van der Waals surface area (Å²) in [4.78, 5) is 36.4. The van der Waals surface area contributed by atoms with Crippen LogP contribution in [0.4, 0.5) is 16.3 Å². The third-order valence-electron chi connectivity index (χ3n) is 6.21. The van der Waals surface area contributed by atoms with Crippen molar-refractivity contribution in [2.75, 3.05) is 43.6 Å². The van der Waals surface area contributed by atoms with E-state index in [4.69, 9.17) is 24.2 Å². The quantitative estimate of drug-likeness (QED) is 0.538. The van der Waals surface area contributed by atoms with Crippen molar-refractivity contribution in [3.63, 3.8) is 0 Å². The van der Waals surface area contributed by atoms with Gasteiger partial charge in [0.1, 0.15) is 17.0 Å². The molecule has 180 valence electrons. The SMILES string of the molecule is COC(=O)C1(c2cc(N3CCOCC3)nc(-c3ccc(NC(=O)Oc4ccccc4)cc3)n2)CC1. The number of hydrogen-bond acceptors (Lipinski definition) is 8. The van der Waals surface area contributed by atoms with Crippen molar-refractivity contribution >= 4 is 23.6 Å². The Hall–Kier alpha value is -3.98. The number of esters is 1. The molecule has 1 aliphatic heterocycles. The molecule has 1 N–H and O–H groups in total. The molecular formula is C26H26N4O5. The van der Waals surface area contributed by atoms with Gasteiger partial charge >= 0.3 is 12.1 Å². The Morgan fingerprint density at radius 3 is 2.37 bits per heavy atom. The maximum atomic E-state index is 12.5. The highest BCUT2D eigenvalue weighted by atomic mass is 16.6. The van der Waals surface area contributed by atoms with Crippen molar-refractivity contribution in [2.45, 2.75) is 18.3 Å². The van der Waals surface area contributed by atoms with Gasteiger partial charge in [0.15, 0.2) is 5.82 Å². The second kappa shape index (κ2) is 9.71. The van der Waals surface area contributed by atoms with Crippen LogP contribution in [0, 0.1) is 0 Å². The maximum absolute atomic E-state index is 12.5. The molecule has 2 aromatic carbocycles. The van der Waals surface area contributed by atoms with Crippen molar-refractivity contribution in [3.8, 4) is 17.1 Å². The summed E-state index contributed by atoms with van der Waals surface area (Å²) in [5.74, 6) is 1.46.